The Bertz CT molecular complexity index is 2060. The van der Waals surface area contributed by atoms with E-state index in [1.54, 1.807) is 0 Å². The smallest absolute Gasteiger partial charge is 0.462 e. The van der Waals surface area contributed by atoms with E-state index in [1.807, 2.05) is 0 Å². The first-order chi connectivity index (χ1) is 52.4. The Balaban J connectivity index is 5.25. The highest BCUT2D eigenvalue weighted by Gasteiger charge is 2.31. The highest BCUT2D eigenvalue weighted by atomic mass is 31.2. The molecule has 0 aromatic carbocycles. The maximum absolute atomic E-state index is 13.2. The molecule has 0 fully saturated rings. The number of esters is 4. The molecule has 19 heteroatoms. The Morgan fingerprint density at radius 1 is 0.250 bits per heavy atom. The maximum atomic E-state index is 13.2. The molecule has 0 saturated heterocycles. The summed E-state index contributed by atoms with van der Waals surface area (Å²) in [6.45, 7) is 9.74. The van der Waals surface area contributed by atoms with Crippen LogP contribution in [0.4, 0.5) is 0 Å². The zero-order chi connectivity index (χ0) is 79.2. The van der Waals surface area contributed by atoms with Gasteiger partial charge in [0.25, 0.3) is 0 Å². The number of unbranched alkanes of at least 4 members (excludes halogenated alkanes) is 58. The van der Waals surface area contributed by atoms with Crippen molar-refractivity contribution in [1.29, 1.82) is 0 Å². The largest absolute Gasteiger partial charge is 0.472 e. The summed E-state index contributed by atoms with van der Waals surface area (Å²) in [6.07, 6.45) is 73.6. The van der Waals surface area contributed by atoms with Crippen LogP contribution in [0, 0.1) is 11.8 Å². The summed E-state index contributed by atoms with van der Waals surface area (Å²) >= 11 is 0. The van der Waals surface area contributed by atoms with Gasteiger partial charge in [0.05, 0.1) is 26.4 Å². The quantitative estimate of drug-likeness (QED) is 0.0222. The van der Waals surface area contributed by atoms with E-state index in [2.05, 4.69) is 41.5 Å². The van der Waals surface area contributed by atoms with E-state index in [0.29, 0.717) is 25.7 Å². The lowest BCUT2D eigenvalue weighted by molar-refractivity contribution is -0.161. The summed E-state index contributed by atoms with van der Waals surface area (Å²) < 4.78 is 69.0. The van der Waals surface area contributed by atoms with Crippen LogP contribution in [0.3, 0.4) is 0 Å². The summed E-state index contributed by atoms with van der Waals surface area (Å²) in [5.41, 5.74) is 0. The fourth-order valence-corrected chi connectivity index (χ4v) is 15.5. The van der Waals surface area contributed by atoms with Crippen molar-refractivity contribution in [2.75, 3.05) is 39.6 Å². The highest BCUT2D eigenvalue weighted by molar-refractivity contribution is 7.47. The van der Waals surface area contributed by atoms with Crippen LogP contribution in [-0.4, -0.2) is 96.7 Å². The molecule has 0 bridgehead atoms. The number of carbonyl (C=O) groups excluding carboxylic acids is 4. The van der Waals surface area contributed by atoms with Gasteiger partial charge in [-0.15, -0.1) is 0 Å². The van der Waals surface area contributed by atoms with Gasteiger partial charge in [0.2, 0.25) is 0 Å². The van der Waals surface area contributed by atoms with Crippen molar-refractivity contribution in [2.24, 2.45) is 11.8 Å². The van der Waals surface area contributed by atoms with Gasteiger partial charge < -0.3 is 33.8 Å². The Hall–Kier alpha value is -1.94. The topological polar surface area (TPSA) is 237 Å². The van der Waals surface area contributed by atoms with E-state index < -0.39 is 97.5 Å². The van der Waals surface area contributed by atoms with Crippen LogP contribution in [0.15, 0.2) is 0 Å². The second kappa shape index (κ2) is 80.3. The van der Waals surface area contributed by atoms with Crippen LogP contribution >= 0.6 is 15.6 Å². The Morgan fingerprint density at radius 3 is 0.630 bits per heavy atom. The van der Waals surface area contributed by atoms with Crippen molar-refractivity contribution in [1.82, 2.24) is 0 Å². The summed E-state index contributed by atoms with van der Waals surface area (Å²) in [4.78, 5) is 73.4. The van der Waals surface area contributed by atoms with Crippen LogP contribution < -0.4 is 0 Å². The van der Waals surface area contributed by atoms with Gasteiger partial charge in [-0.3, -0.25) is 37.3 Å². The van der Waals surface area contributed by atoms with Crippen molar-refractivity contribution in [3.8, 4) is 0 Å². The molecule has 0 rings (SSSR count). The molecule has 0 spiro atoms. The molecule has 0 heterocycles. The van der Waals surface area contributed by atoms with Crippen LogP contribution in [0.5, 0.6) is 0 Å². The first kappa shape index (κ1) is 106. The lowest BCUT2D eigenvalue weighted by Crippen LogP contribution is -2.30. The van der Waals surface area contributed by atoms with Crippen molar-refractivity contribution in [3.63, 3.8) is 0 Å². The Kier molecular flexibility index (Phi) is 78.8. The van der Waals surface area contributed by atoms with E-state index in [9.17, 15) is 43.2 Å². The molecule has 0 saturated carbocycles. The predicted molar refractivity (Wildman–Crippen MR) is 446 cm³/mol. The number of phosphoric acid groups is 2. The number of hydrogen-bond acceptors (Lipinski definition) is 15. The summed E-state index contributed by atoms with van der Waals surface area (Å²) in [7, 11) is -9.93. The van der Waals surface area contributed by atoms with Gasteiger partial charge in [0.1, 0.15) is 19.3 Å². The number of hydrogen-bond donors (Lipinski definition) is 3. The van der Waals surface area contributed by atoms with Crippen molar-refractivity contribution in [2.45, 2.75) is 496 Å². The van der Waals surface area contributed by atoms with Crippen molar-refractivity contribution >= 4 is 39.5 Å². The second-order valence-corrected chi connectivity index (χ2v) is 35.8. The SMILES string of the molecule is CCCCCCCCCCCCCCCCCCCCCCCC(=O)O[C@H](COC(=O)CCCCCCCCCCCCCCCCCCC(C)C)COP(=O)(O)OC[C@@H](O)COP(=O)(O)OC[C@@H](COC(=O)CCCCCCCCCCCCCC)OC(=O)CCCCCCCCCCCCCCCC(C)C. The maximum Gasteiger partial charge on any atom is 0.472 e. The van der Waals surface area contributed by atoms with Gasteiger partial charge in [-0.05, 0) is 37.5 Å². The summed E-state index contributed by atoms with van der Waals surface area (Å²) in [5.74, 6) is -0.498. The van der Waals surface area contributed by atoms with E-state index in [1.165, 1.54) is 295 Å². The van der Waals surface area contributed by atoms with Crippen molar-refractivity contribution in [3.05, 3.63) is 0 Å². The predicted octanol–water partition coefficient (Wildman–Crippen LogP) is 27.4. The number of aliphatic hydroxyl groups is 1. The zero-order valence-corrected chi connectivity index (χ0v) is 73.0. The van der Waals surface area contributed by atoms with Gasteiger partial charge in [0.15, 0.2) is 12.2 Å². The lowest BCUT2D eigenvalue weighted by Gasteiger charge is -2.21. The molecule has 17 nitrogen and oxygen atoms in total. The number of carbonyl (C=O) groups is 4. The van der Waals surface area contributed by atoms with Gasteiger partial charge >= 0.3 is 39.5 Å². The first-order valence-corrected chi connectivity index (χ1v) is 49.0. The molecule has 0 amide bonds. The third-order valence-corrected chi connectivity index (χ3v) is 22.9. The molecule has 0 aromatic heterocycles. The van der Waals surface area contributed by atoms with E-state index in [4.69, 9.17) is 37.0 Å². The fourth-order valence-electron chi connectivity index (χ4n) is 14.0. The average Bonchev–Trinajstić information content (AvgIpc) is 0.898. The zero-order valence-electron chi connectivity index (χ0n) is 71.2. The average molecular weight is 1580 g/mol. The molecule has 0 aliphatic carbocycles. The third kappa shape index (κ3) is 82.1. The third-order valence-electron chi connectivity index (χ3n) is 21.0. The lowest BCUT2D eigenvalue weighted by atomic mass is 10.0. The van der Waals surface area contributed by atoms with E-state index in [0.717, 1.165) is 102 Å². The molecule has 5 atom stereocenters. The van der Waals surface area contributed by atoms with Gasteiger partial charge in [-0.2, -0.15) is 0 Å². The Morgan fingerprint density at radius 2 is 0.426 bits per heavy atom. The van der Waals surface area contributed by atoms with E-state index in [-0.39, 0.29) is 25.7 Å². The minimum atomic E-state index is -4.97. The monoisotopic (exact) mass is 1580 g/mol. The molecule has 3 N–H and O–H groups in total. The highest BCUT2D eigenvalue weighted by Crippen LogP contribution is 2.45. The second-order valence-electron chi connectivity index (χ2n) is 32.9. The van der Waals surface area contributed by atoms with Crippen LogP contribution in [0.2, 0.25) is 0 Å². The summed E-state index contributed by atoms with van der Waals surface area (Å²) in [6, 6.07) is 0. The molecule has 0 aromatic rings. The molecule has 642 valence electrons. The number of ether oxygens (including phenoxy) is 4. The first-order valence-electron chi connectivity index (χ1n) is 46.0. The number of rotatable bonds is 88. The van der Waals surface area contributed by atoms with Crippen LogP contribution in [0.1, 0.15) is 478 Å². The number of aliphatic hydroxyl groups excluding tert-OH is 1. The normalized spacial score (nSPS) is 13.8. The molecular weight excluding hydrogens is 1400 g/mol. The molecular formula is C89H174O17P2. The minimum absolute atomic E-state index is 0.108. The van der Waals surface area contributed by atoms with Gasteiger partial charge in [0, 0.05) is 25.7 Å². The summed E-state index contributed by atoms with van der Waals surface area (Å²) in [5, 5.41) is 10.7. The molecule has 0 aliphatic rings. The van der Waals surface area contributed by atoms with Crippen LogP contribution in [0.25, 0.3) is 0 Å². The minimum Gasteiger partial charge on any atom is -0.462 e. The molecule has 2 unspecified atom stereocenters. The van der Waals surface area contributed by atoms with Crippen LogP contribution in [-0.2, 0) is 65.4 Å². The Labute approximate surface area is 664 Å². The van der Waals surface area contributed by atoms with E-state index >= 15 is 0 Å². The molecule has 108 heavy (non-hydrogen) atoms. The standard InChI is InChI=1S/C89H174O17P2/c1-7-9-11-13-15-17-19-21-22-23-24-25-26-27-32-37-43-49-55-61-67-73-88(93)105-85(78-100-87(92)72-66-60-54-48-42-36-31-29-28-30-34-39-45-51-57-63-69-81(3)4)80-104-108(97,98)102-76-83(90)75-101-107(95,96)103-79-84(77-99-86(91)71-65-59-53-47-41-20-18-16-14-12-10-8-2)106-89(94)74-68-62-56-50-44-38-33-35-40-46-52-58-64-70-82(5)6/h81-85,90H,7-80H2,1-6H3,(H,95,96)(H,97,98)/t83-,84+,85+/m0/s1. The van der Waals surface area contributed by atoms with Gasteiger partial charge in [-0.1, -0.05) is 427 Å². The molecule has 0 radical (unpaired) electrons. The van der Waals surface area contributed by atoms with Crippen molar-refractivity contribution < 1.29 is 80.2 Å². The molecule has 0 aliphatic heterocycles. The van der Waals surface area contributed by atoms with Gasteiger partial charge in [-0.25, -0.2) is 9.13 Å². The number of phosphoric ester groups is 2. The fraction of sp³-hybridized carbons (Fsp3) is 0.955.